The second kappa shape index (κ2) is 2.04. The molecule has 0 nitrogen and oxygen atoms in total. The fourth-order valence-corrected chi connectivity index (χ4v) is 0. The minimum absolute atomic E-state index is 0.118. The number of rotatable bonds is 0. The molecule has 2 heteroatoms. The summed E-state index contributed by atoms with van der Waals surface area (Å²) in [6, 6.07) is 0. The molecule has 0 aliphatic heterocycles. The van der Waals surface area contributed by atoms with Gasteiger partial charge in [0, 0.05) is 0 Å². The minimum Gasteiger partial charge on any atom is -0.111 e. The van der Waals surface area contributed by atoms with Gasteiger partial charge in [-0.25, -0.2) is 0 Å². The van der Waals surface area contributed by atoms with Gasteiger partial charge in [-0.15, -0.1) is 11.6 Å². The highest BCUT2D eigenvalue weighted by atomic mass is 79.9. The van der Waals surface area contributed by atoms with E-state index in [0.29, 0.717) is 0 Å². The lowest BCUT2D eigenvalue weighted by molar-refractivity contribution is 1.44. The lowest BCUT2D eigenvalue weighted by Crippen LogP contribution is -1.61. The molecule has 0 saturated carbocycles. The van der Waals surface area contributed by atoms with Crippen molar-refractivity contribution in [1.82, 2.24) is 0 Å². The Bertz CT molecular complexity index is 10.8. The summed E-state index contributed by atoms with van der Waals surface area (Å²) in [5.41, 5.74) is 0. The molecule has 0 aliphatic rings. The smallest absolute Gasteiger partial charge is 0.0858 e. The standard InChI is InChI=1S/C2H4BrCl/c1-2(3)4/h2H,1H3. The molecule has 0 amide bonds. The molecule has 0 heterocycles. The molecule has 0 rings (SSSR count). The van der Waals surface area contributed by atoms with E-state index in [9.17, 15) is 0 Å². The van der Waals surface area contributed by atoms with Gasteiger partial charge in [-0.3, -0.25) is 0 Å². The summed E-state index contributed by atoms with van der Waals surface area (Å²) in [5, 5.41) is 0. The minimum atomic E-state index is 0.118. The van der Waals surface area contributed by atoms with E-state index in [1.54, 1.807) is 0 Å². The fraction of sp³-hybridized carbons (Fsp3) is 1.00. The maximum absolute atomic E-state index is 5.19. The predicted molar refractivity (Wildman–Crippen MR) is 24.2 cm³/mol. The maximum atomic E-state index is 5.19. The monoisotopic (exact) mass is 142 g/mol. The van der Waals surface area contributed by atoms with Crippen molar-refractivity contribution in [1.29, 1.82) is 0 Å². The Kier molecular flexibility index (Phi) is 2.43. The van der Waals surface area contributed by atoms with Crippen molar-refractivity contribution in [2.24, 2.45) is 0 Å². The van der Waals surface area contributed by atoms with E-state index >= 15 is 0 Å². The van der Waals surface area contributed by atoms with Gasteiger partial charge in [-0.1, -0.05) is 15.9 Å². The SMILES string of the molecule is CC(Cl)Br. The van der Waals surface area contributed by atoms with Gasteiger partial charge >= 0.3 is 0 Å². The van der Waals surface area contributed by atoms with Crippen molar-refractivity contribution in [2.45, 2.75) is 11.2 Å². The van der Waals surface area contributed by atoms with Crippen molar-refractivity contribution in [3.8, 4) is 0 Å². The molecule has 0 N–H and O–H groups in total. The van der Waals surface area contributed by atoms with Crippen LogP contribution in [0.25, 0.3) is 0 Å². The first-order valence-corrected chi connectivity index (χ1v) is 2.37. The van der Waals surface area contributed by atoms with Crippen LogP contribution in [0.15, 0.2) is 0 Å². The largest absolute Gasteiger partial charge is 0.111 e. The predicted octanol–water partition coefficient (Wildman–Crippen LogP) is 1.97. The van der Waals surface area contributed by atoms with Gasteiger partial charge in [0.05, 0.1) is 4.29 Å². The summed E-state index contributed by atoms with van der Waals surface area (Å²) in [7, 11) is 0. The van der Waals surface area contributed by atoms with Gasteiger partial charge in [-0.2, -0.15) is 0 Å². The van der Waals surface area contributed by atoms with Gasteiger partial charge in [0.15, 0.2) is 0 Å². The average molecular weight is 143 g/mol. The summed E-state index contributed by atoms with van der Waals surface area (Å²) >= 11 is 8.23. The number of hydrogen-bond acceptors (Lipinski definition) is 0. The Morgan fingerprint density at radius 3 is 2.00 bits per heavy atom. The highest BCUT2D eigenvalue weighted by Crippen LogP contribution is 1.99. The van der Waals surface area contributed by atoms with E-state index in [1.165, 1.54) is 0 Å². The van der Waals surface area contributed by atoms with E-state index < -0.39 is 0 Å². The first-order chi connectivity index (χ1) is 1.73. The second-order valence-electron chi connectivity index (χ2n) is 0.519. The van der Waals surface area contributed by atoms with Crippen molar-refractivity contribution >= 4 is 27.5 Å². The van der Waals surface area contributed by atoms with E-state index in [-0.39, 0.29) is 4.29 Å². The molecule has 0 fully saturated rings. The van der Waals surface area contributed by atoms with Crippen molar-refractivity contribution in [3.05, 3.63) is 0 Å². The number of hydrogen-bond donors (Lipinski definition) is 0. The number of halogens is 2. The van der Waals surface area contributed by atoms with Gasteiger partial charge in [0.2, 0.25) is 0 Å². The molecule has 0 aromatic heterocycles. The highest BCUT2D eigenvalue weighted by molar-refractivity contribution is 9.10. The van der Waals surface area contributed by atoms with Crippen molar-refractivity contribution < 1.29 is 0 Å². The zero-order valence-corrected chi connectivity index (χ0v) is 4.68. The summed E-state index contributed by atoms with van der Waals surface area (Å²) in [6.45, 7) is 1.85. The van der Waals surface area contributed by atoms with Crippen LogP contribution in [0.2, 0.25) is 0 Å². The molecular weight excluding hydrogens is 139 g/mol. The van der Waals surface area contributed by atoms with Gasteiger partial charge in [0.25, 0.3) is 0 Å². The molecular formula is C2H4BrCl. The Balaban J connectivity index is 2.32. The Hall–Kier alpha value is 0.770. The maximum Gasteiger partial charge on any atom is 0.0858 e. The highest BCUT2D eigenvalue weighted by Gasteiger charge is 1.74. The zero-order valence-electron chi connectivity index (χ0n) is 2.33. The molecule has 0 radical (unpaired) electrons. The van der Waals surface area contributed by atoms with Crippen LogP contribution < -0.4 is 0 Å². The Labute approximate surface area is 39.3 Å². The third kappa shape index (κ3) is 14.6. The zero-order chi connectivity index (χ0) is 3.58. The molecule has 0 spiro atoms. The summed E-state index contributed by atoms with van der Waals surface area (Å²) < 4.78 is 0.118. The topological polar surface area (TPSA) is 0 Å². The number of alkyl halides is 2. The van der Waals surface area contributed by atoms with E-state index in [0.717, 1.165) is 0 Å². The van der Waals surface area contributed by atoms with Crippen LogP contribution in [0.3, 0.4) is 0 Å². The lowest BCUT2D eigenvalue weighted by Gasteiger charge is -1.73. The molecule has 4 heavy (non-hydrogen) atoms. The molecule has 0 aromatic carbocycles. The first-order valence-electron chi connectivity index (χ1n) is 1.01. The van der Waals surface area contributed by atoms with Crippen LogP contribution in [-0.2, 0) is 0 Å². The normalized spacial score (nSPS) is 15.8. The molecule has 0 saturated heterocycles. The fourth-order valence-electron chi connectivity index (χ4n) is 0. The Morgan fingerprint density at radius 1 is 2.00 bits per heavy atom. The molecule has 1 unspecified atom stereocenters. The van der Waals surface area contributed by atoms with Gasteiger partial charge < -0.3 is 0 Å². The average Bonchev–Trinajstić information content (AvgIpc) is 0.811. The van der Waals surface area contributed by atoms with E-state index in [2.05, 4.69) is 15.9 Å². The quantitative estimate of drug-likeness (QED) is 0.455. The second-order valence-corrected chi connectivity index (χ2v) is 3.07. The van der Waals surface area contributed by atoms with Crippen LogP contribution in [0.4, 0.5) is 0 Å². The van der Waals surface area contributed by atoms with E-state index in [4.69, 9.17) is 11.6 Å². The van der Waals surface area contributed by atoms with Crippen molar-refractivity contribution in [2.75, 3.05) is 0 Å². The van der Waals surface area contributed by atoms with Crippen LogP contribution in [0.5, 0.6) is 0 Å². The van der Waals surface area contributed by atoms with Gasteiger partial charge in [0.1, 0.15) is 0 Å². The third-order valence-corrected chi connectivity index (χ3v) is 0. The Morgan fingerprint density at radius 2 is 2.00 bits per heavy atom. The van der Waals surface area contributed by atoms with Crippen LogP contribution in [-0.4, -0.2) is 4.29 Å². The lowest BCUT2D eigenvalue weighted by atomic mass is 11.0. The summed E-state index contributed by atoms with van der Waals surface area (Å²) in [6.07, 6.45) is 0. The third-order valence-electron chi connectivity index (χ3n) is 0. The molecule has 1 atom stereocenters. The first kappa shape index (κ1) is 4.77. The van der Waals surface area contributed by atoms with Gasteiger partial charge in [-0.05, 0) is 6.92 Å². The van der Waals surface area contributed by atoms with Crippen molar-refractivity contribution in [3.63, 3.8) is 0 Å². The van der Waals surface area contributed by atoms with Crippen LogP contribution >= 0.6 is 27.5 Å². The summed E-state index contributed by atoms with van der Waals surface area (Å²) in [4.78, 5) is 0. The molecule has 0 aliphatic carbocycles. The summed E-state index contributed by atoms with van der Waals surface area (Å²) in [5.74, 6) is 0. The van der Waals surface area contributed by atoms with Crippen LogP contribution in [0.1, 0.15) is 6.92 Å². The molecule has 0 bridgehead atoms. The van der Waals surface area contributed by atoms with Crippen LogP contribution in [0, 0.1) is 0 Å². The van der Waals surface area contributed by atoms with E-state index in [1.807, 2.05) is 6.92 Å². The molecule has 0 aromatic rings. The molecule has 26 valence electrons.